The van der Waals surface area contributed by atoms with Crippen molar-refractivity contribution < 1.29 is 50.5 Å². The van der Waals surface area contributed by atoms with Crippen molar-refractivity contribution in [2.45, 2.75) is 44.3 Å². The molecule has 1 saturated heterocycles. The van der Waals surface area contributed by atoms with E-state index >= 15 is 0 Å². The van der Waals surface area contributed by atoms with Crippen LogP contribution in [0.3, 0.4) is 0 Å². The number of hydrogen-bond acceptors (Lipinski definition) is 8. The molecular formula is C25H23ClF7N7O4. The van der Waals surface area contributed by atoms with E-state index in [2.05, 4.69) is 35.1 Å². The molecule has 4 aromatic rings. The van der Waals surface area contributed by atoms with Crippen LogP contribution in [0.1, 0.15) is 31.4 Å². The van der Waals surface area contributed by atoms with Crippen molar-refractivity contribution in [3.05, 3.63) is 47.6 Å². The summed E-state index contributed by atoms with van der Waals surface area (Å²) in [5, 5.41) is 19.2. The number of piperidine rings is 1. The number of imidazole rings is 1. The van der Waals surface area contributed by atoms with E-state index in [-0.39, 0.29) is 6.04 Å². The van der Waals surface area contributed by atoms with Crippen molar-refractivity contribution in [3.8, 4) is 0 Å². The van der Waals surface area contributed by atoms with Gasteiger partial charge in [0.2, 0.25) is 0 Å². The number of aromatic amines is 1. The second-order valence-corrected chi connectivity index (χ2v) is 9.58. The highest BCUT2D eigenvalue weighted by molar-refractivity contribution is 6.36. The maximum Gasteiger partial charge on any atom is 0.490 e. The Balaban J connectivity index is 0.000000317. The number of halogens is 8. The Morgan fingerprint density at radius 3 is 2.30 bits per heavy atom. The number of pyridine rings is 1. The third kappa shape index (κ3) is 8.55. The number of aromatic nitrogens is 5. The van der Waals surface area contributed by atoms with Crippen molar-refractivity contribution in [3.63, 3.8) is 0 Å². The van der Waals surface area contributed by atoms with Crippen LogP contribution in [0.5, 0.6) is 0 Å². The minimum Gasteiger partial charge on any atom is -0.475 e. The summed E-state index contributed by atoms with van der Waals surface area (Å²) in [4.78, 5) is 40.3. The fourth-order valence-electron chi connectivity index (χ4n) is 4.15. The van der Waals surface area contributed by atoms with Crippen molar-refractivity contribution in [2.75, 3.05) is 23.3 Å². The van der Waals surface area contributed by atoms with Gasteiger partial charge in [-0.2, -0.15) is 26.3 Å². The van der Waals surface area contributed by atoms with Gasteiger partial charge in [0.1, 0.15) is 18.0 Å². The molecule has 4 heterocycles. The lowest BCUT2D eigenvalue weighted by atomic mass is 9.99. The lowest BCUT2D eigenvalue weighted by molar-refractivity contribution is -0.193. The molecule has 1 fully saturated rings. The van der Waals surface area contributed by atoms with Gasteiger partial charge in [-0.15, -0.1) is 0 Å². The number of carboxylic acids is 2. The Morgan fingerprint density at radius 1 is 1.07 bits per heavy atom. The molecule has 5 rings (SSSR count). The van der Waals surface area contributed by atoms with Gasteiger partial charge in [0, 0.05) is 30.2 Å². The summed E-state index contributed by atoms with van der Waals surface area (Å²) in [6.07, 6.45) is -4.79. The van der Waals surface area contributed by atoms with Gasteiger partial charge in [-0.3, -0.25) is 4.98 Å². The molecule has 3 aromatic heterocycles. The number of carboxylic acid groups (broad SMARTS) is 2. The normalized spacial score (nSPS) is 15.9. The van der Waals surface area contributed by atoms with E-state index < -0.39 is 30.5 Å². The van der Waals surface area contributed by atoms with E-state index in [1.807, 2.05) is 25.1 Å². The largest absolute Gasteiger partial charge is 0.490 e. The minimum atomic E-state index is -5.08. The zero-order valence-electron chi connectivity index (χ0n) is 22.4. The summed E-state index contributed by atoms with van der Waals surface area (Å²) in [7, 11) is 0. The van der Waals surface area contributed by atoms with E-state index in [9.17, 15) is 30.7 Å². The second-order valence-electron chi connectivity index (χ2n) is 9.18. The third-order valence-electron chi connectivity index (χ3n) is 6.05. The summed E-state index contributed by atoms with van der Waals surface area (Å²) in [5.41, 5.74) is 3.98. The Kier molecular flexibility index (Phi) is 10.7. The predicted molar refractivity (Wildman–Crippen MR) is 144 cm³/mol. The highest BCUT2D eigenvalue weighted by atomic mass is 35.5. The van der Waals surface area contributed by atoms with E-state index in [0.717, 1.165) is 35.1 Å². The first-order chi connectivity index (χ1) is 20.5. The van der Waals surface area contributed by atoms with Gasteiger partial charge in [0.25, 0.3) is 0 Å². The molecule has 1 aliphatic heterocycles. The van der Waals surface area contributed by atoms with Crippen LogP contribution in [0.15, 0.2) is 37.1 Å². The highest BCUT2D eigenvalue weighted by Crippen LogP contribution is 2.40. The number of alkyl halides is 7. The van der Waals surface area contributed by atoms with Gasteiger partial charge >= 0.3 is 24.3 Å². The van der Waals surface area contributed by atoms with Gasteiger partial charge in [-0.05, 0) is 38.0 Å². The van der Waals surface area contributed by atoms with Crippen LogP contribution < -0.4 is 10.2 Å². The molecule has 2 unspecified atom stereocenters. The molecule has 4 N–H and O–H groups in total. The lowest BCUT2D eigenvalue weighted by Crippen LogP contribution is -2.37. The first kappa shape index (κ1) is 34.0. The number of nitrogens with one attached hydrogen (secondary N) is 2. The van der Waals surface area contributed by atoms with Gasteiger partial charge in [-0.25, -0.2) is 28.9 Å². The molecule has 19 heteroatoms. The van der Waals surface area contributed by atoms with Crippen molar-refractivity contribution in [1.29, 1.82) is 0 Å². The number of carbonyl (C=O) groups is 2. The van der Waals surface area contributed by atoms with Crippen LogP contribution in [0.4, 0.5) is 42.2 Å². The number of fused-ring (bicyclic) bond motifs is 2. The summed E-state index contributed by atoms with van der Waals surface area (Å²) in [5.74, 6) is -4.89. The number of hydrogen-bond donors (Lipinski definition) is 4. The first-order valence-corrected chi connectivity index (χ1v) is 12.9. The molecule has 2 atom stereocenters. The van der Waals surface area contributed by atoms with E-state index in [1.165, 1.54) is 6.33 Å². The maximum absolute atomic E-state index is 14.3. The number of anilines is 2. The lowest BCUT2D eigenvalue weighted by Gasteiger charge is -2.34. The summed E-state index contributed by atoms with van der Waals surface area (Å²) < 4.78 is 77.8. The summed E-state index contributed by atoms with van der Waals surface area (Å²) in [6, 6.07) is 5.59. The molecule has 1 aromatic carbocycles. The highest BCUT2D eigenvalue weighted by Gasteiger charge is 2.39. The van der Waals surface area contributed by atoms with Crippen molar-refractivity contribution in [2.24, 2.45) is 0 Å². The van der Waals surface area contributed by atoms with Crippen molar-refractivity contribution in [1.82, 2.24) is 24.9 Å². The van der Waals surface area contributed by atoms with Gasteiger partial charge in [0.15, 0.2) is 11.5 Å². The number of benzene rings is 1. The Bertz CT molecular complexity index is 1590. The zero-order chi connectivity index (χ0) is 32.8. The number of rotatable bonds is 4. The third-order valence-corrected chi connectivity index (χ3v) is 6.36. The molecule has 0 spiro atoms. The van der Waals surface area contributed by atoms with Crippen molar-refractivity contribution >= 4 is 57.1 Å². The summed E-state index contributed by atoms with van der Waals surface area (Å²) >= 11 is 6.62. The summed E-state index contributed by atoms with van der Waals surface area (Å²) in [6.45, 7) is 3.16. The number of aliphatic carboxylic acids is 2. The zero-order valence-corrected chi connectivity index (χ0v) is 23.2. The first-order valence-electron chi connectivity index (χ1n) is 12.5. The quantitative estimate of drug-likeness (QED) is 0.195. The van der Waals surface area contributed by atoms with E-state index in [4.69, 9.17) is 31.4 Å². The molecule has 44 heavy (non-hydrogen) atoms. The molecule has 11 nitrogen and oxygen atoms in total. The maximum atomic E-state index is 14.3. The number of nitrogens with zero attached hydrogens (tertiary/aromatic N) is 5. The molecule has 0 saturated carbocycles. The SMILES string of the molecule is CC(Nc1ncnc2[nH]cnc12)c1cc(Cl)c2cccnc2c1N1CCCC(F)C1.O=C(O)C(F)(F)F.O=C(O)C(F)(F)F. The average Bonchev–Trinajstić information content (AvgIpc) is 3.43. The van der Waals surface area contributed by atoms with E-state index in [0.29, 0.717) is 35.0 Å². The second kappa shape index (κ2) is 13.9. The van der Waals surface area contributed by atoms with E-state index in [1.54, 1.807) is 12.5 Å². The fraction of sp³-hybridized carbons (Fsp3) is 0.360. The van der Waals surface area contributed by atoms with Crippen LogP contribution in [0, 0.1) is 0 Å². The Hall–Kier alpha value is -4.48. The Morgan fingerprint density at radius 2 is 1.70 bits per heavy atom. The van der Waals surface area contributed by atoms with Crippen LogP contribution in [-0.2, 0) is 9.59 Å². The van der Waals surface area contributed by atoms with Gasteiger partial charge < -0.3 is 25.4 Å². The number of H-pyrrole nitrogens is 1. The Labute approximate surface area is 248 Å². The van der Waals surface area contributed by atoms with Crippen LogP contribution >= 0.6 is 11.6 Å². The van der Waals surface area contributed by atoms with Gasteiger partial charge in [-0.1, -0.05) is 11.6 Å². The molecule has 238 valence electrons. The smallest absolute Gasteiger partial charge is 0.475 e. The van der Waals surface area contributed by atoms with Crippen LogP contribution in [-0.4, -0.2) is 78.7 Å². The predicted octanol–water partition coefficient (Wildman–Crippen LogP) is 5.93. The van der Waals surface area contributed by atoms with Crippen LogP contribution in [0.2, 0.25) is 5.02 Å². The molecule has 1 aliphatic rings. The average molecular weight is 654 g/mol. The molecule has 0 amide bonds. The minimum absolute atomic E-state index is 0.168. The molecule has 0 bridgehead atoms. The monoisotopic (exact) mass is 653 g/mol. The molecule has 0 aliphatic carbocycles. The topological polar surface area (TPSA) is 157 Å². The fourth-order valence-corrected chi connectivity index (χ4v) is 4.42. The molecular weight excluding hydrogens is 631 g/mol. The molecule has 0 radical (unpaired) electrons. The van der Waals surface area contributed by atoms with Crippen LogP contribution in [0.25, 0.3) is 22.1 Å². The standard InChI is InChI=1S/C21H21ClFN7.2C2HF3O2/c1-12(29-21-18-20(26-10-25-18)27-11-28-21)15-8-16(22)14-5-2-6-24-17(14)19(15)30-7-3-4-13(23)9-30;2*3-2(4,5)1(6)7/h2,5-6,8,10-13H,3-4,7,9H2,1H3,(H2,25,26,27,28,29);2*(H,6,7). The van der Waals surface area contributed by atoms with Gasteiger partial charge in [0.05, 0.1) is 28.6 Å².